The second kappa shape index (κ2) is 8.99. The van der Waals surface area contributed by atoms with Gasteiger partial charge in [-0.15, -0.1) is 0 Å². The van der Waals surface area contributed by atoms with Gasteiger partial charge in [-0.3, -0.25) is 9.59 Å². The standard InChI is InChI=1S/C20H23FN2O3/c1-14(20(25)22-2)23(13-15-8-10-17(26-3)11-9-15)19(24)12-16-6-4-5-7-18(16)21/h4-11,14H,12-13H2,1-3H3,(H,22,25)/t14-/m1/s1. The molecule has 2 aromatic carbocycles. The highest BCUT2D eigenvalue weighted by Crippen LogP contribution is 2.17. The van der Waals surface area contributed by atoms with Crippen LogP contribution in [0.25, 0.3) is 0 Å². The summed E-state index contributed by atoms with van der Waals surface area (Å²) in [7, 11) is 3.10. The number of nitrogens with zero attached hydrogens (tertiary/aromatic N) is 1. The van der Waals surface area contributed by atoms with Crippen LogP contribution in [0.3, 0.4) is 0 Å². The third kappa shape index (κ3) is 4.81. The first-order valence-corrected chi connectivity index (χ1v) is 8.33. The highest BCUT2D eigenvalue weighted by atomic mass is 19.1. The molecule has 0 fully saturated rings. The Labute approximate surface area is 152 Å². The van der Waals surface area contributed by atoms with Crippen LogP contribution >= 0.6 is 0 Å². The molecule has 0 saturated carbocycles. The summed E-state index contributed by atoms with van der Waals surface area (Å²) < 4.78 is 19.0. The van der Waals surface area contributed by atoms with E-state index in [0.717, 1.165) is 5.56 Å². The lowest BCUT2D eigenvalue weighted by molar-refractivity contribution is -0.139. The van der Waals surface area contributed by atoms with Crippen molar-refractivity contribution in [1.29, 1.82) is 0 Å². The topological polar surface area (TPSA) is 58.6 Å². The van der Waals surface area contributed by atoms with Crippen LogP contribution in [0, 0.1) is 5.82 Å². The number of hydrogen-bond acceptors (Lipinski definition) is 3. The monoisotopic (exact) mass is 358 g/mol. The number of methoxy groups -OCH3 is 1. The SMILES string of the molecule is CNC(=O)[C@@H](C)N(Cc1ccc(OC)cc1)C(=O)Cc1ccccc1F. The summed E-state index contributed by atoms with van der Waals surface area (Å²) in [5.41, 5.74) is 1.16. The Balaban J connectivity index is 2.23. The fourth-order valence-electron chi connectivity index (χ4n) is 2.63. The van der Waals surface area contributed by atoms with E-state index in [-0.39, 0.29) is 24.8 Å². The normalized spacial score (nSPS) is 11.5. The fraction of sp³-hybridized carbons (Fsp3) is 0.300. The van der Waals surface area contributed by atoms with Gasteiger partial charge >= 0.3 is 0 Å². The molecule has 2 rings (SSSR count). The number of ether oxygens (including phenoxy) is 1. The van der Waals surface area contributed by atoms with Gasteiger partial charge in [0.25, 0.3) is 0 Å². The Morgan fingerprint density at radius 1 is 1.15 bits per heavy atom. The smallest absolute Gasteiger partial charge is 0.242 e. The van der Waals surface area contributed by atoms with Gasteiger partial charge in [-0.05, 0) is 36.2 Å². The Morgan fingerprint density at radius 2 is 1.81 bits per heavy atom. The summed E-state index contributed by atoms with van der Waals surface area (Å²) in [5, 5.41) is 2.55. The maximum absolute atomic E-state index is 13.9. The van der Waals surface area contributed by atoms with Crippen LogP contribution in [0.4, 0.5) is 4.39 Å². The number of halogens is 1. The lowest BCUT2D eigenvalue weighted by Gasteiger charge is -2.28. The molecule has 138 valence electrons. The Morgan fingerprint density at radius 3 is 2.38 bits per heavy atom. The molecule has 0 aliphatic rings. The fourth-order valence-corrected chi connectivity index (χ4v) is 2.63. The van der Waals surface area contributed by atoms with Crippen molar-refractivity contribution in [3.8, 4) is 5.75 Å². The van der Waals surface area contributed by atoms with Gasteiger partial charge in [0.1, 0.15) is 17.6 Å². The summed E-state index contributed by atoms with van der Waals surface area (Å²) >= 11 is 0. The number of nitrogens with one attached hydrogen (secondary N) is 1. The lowest BCUT2D eigenvalue weighted by atomic mass is 10.1. The van der Waals surface area contributed by atoms with Crippen molar-refractivity contribution in [2.24, 2.45) is 0 Å². The summed E-state index contributed by atoms with van der Waals surface area (Å²) in [5.74, 6) is -0.322. The average molecular weight is 358 g/mol. The van der Waals surface area contributed by atoms with Crippen molar-refractivity contribution in [2.75, 3.05) is 14.2 Å². The van der Waals surface area contributed by atoms with Crippen LogP contribution in [-0.2, 0) is 22.6 Å². The van der Waals surface area contributed by atoms with E-state index in [1.807, 2.05) is 12.1 Å². The Hall–Kier alpha value is -2.89. The van der Waals surface area contributed by atoms with E-state index in [4.69, 9.17) is 4.74 Å². The number of likely N-dealkylation sites (N-methyl/N-ethyl adjacent to an activating group) is 1. The number of carbonyl (C=O) groups is 2. The molecule has 0 radical (unpaired) electrons. The zero-order valence-electron chi connectivity index (χ0n) is 15.2. The van der Waals surface area contributed by atoms with Crippen LogP contribution in [0.5, 0.6) is 5.75 Å². The lowest BCUT2D eigenvalue weighted by Crippen LogP contribution is -2.47. The van der Waals surface area contributed by atoms with E-state index in [1.165, 1.54) is 18.0 Å². The highest BCUT2D eigenvalue weighted by molar-refractivity contribution is 5.88. The van der Waals surface area contributed by atoms with Crippen molar-refractivity contribution in [3.63, 3.8) is 0 Å². The summed E-state index contributed by atoms with van der Waals surface area (Å²) in [6.07, 6.45) is -0.107. The molecule has 6 heteroatoms. The van der Waals surface area contributed by atoms with Crippen molar-refractivity contribution < 1.29 is 18.7 Å². The van der Waals surface area contributed by atoms with Gasteiger partial charge in [0.2, 0.25) is 11.8 Å². The molecule has 0 bridgehead atoms. The minimum atomic E-state index is -0.679. The average Bonchev–Trinajstić information content (AvgIpc) is 2.67. The zero-order chi connectivity index (χ0) is 19.1. The second-order valence-electron chi connectivity index (χ2n) is 5.93. The molecular weight excluding hydrogens is 335 g/mol. The van der Waals surface area contributed by atoms with Crippen LogP contribution in [0.1, 0.15) is 18.1 Å². The maximum atomic E-state index is 13.9. The largest absolute Gasteiger partial charge is 0.497 e. The number of benzene rings is 2. The summed E-state index contributed by atoms with van der Waals surface area (Å²) in [6, 6.07) is 12.7. The van der Waals surface area contributed by atoms with Gasteiger partial charge in [0, 0.05) is 13.6 Å². The molecule has 26 heavy (non-hydrogen) atoms. The van der Waals surface area contributed by atoms with Gasteiger partial charge in [0.05, 0.1) is 13.5 Å². The molecular formula is C20H23FN2O3. The minimum Gasteiger partial charge on any atom is -0.497 e. The molecule has 1 N–H and O–H groups in total. The Bertz CT molecular complexity index is 762. The van der Waals surface area contributed by atoms with Crippen molar-refractivity contribution in [1.82, 2.24) is 10.2 Å². The maximum Gasteiger partial charge on any atom is 0.242 e. The first-order chi connectivity index (χ1) is 12.5. The first-order valence-electron chi connectivity index (χ1n) is 8.33. The van der Waals surface area contributed by atoms with Gasteiger partial charge in [0.15, 0.2) is 0 Å². The molecule has 0 heterocycles. The van der Waals surface area contributed by atoms with E-state index in [1.54, 1.807) is 44.4 Å². The van der Waals surface area contributed by atoms with E-state index in [9.17, 15) is 14.0 Å². The predicted octanol–water partition coefficient (Wildman–Crippen LogP) is 2.54. The van der Waals surface area contributed by atoms with E-state index < -0.39 is 11.9 Å². The molecule has 0 unspecified atom stereocenters. The second-order valence-corrected chi connectivity index (χ2v) is 5.93. The van der Waals surface area contributed by atoms with Crippen LogP contribution < -0.4 is 10.1 Å². The number of hydrogen-bond donors (Lipinski definition) is 1. The van der Waals surface area contributed by atoms with Crippen LogP contribution in [0.15, 0.2) is 48.5 Å². The minimum absolute atomic E-state index is 0.107. The molecule has 5 nitrogen and oxygen atoms in total. The zero-order valence-corrected chi connectivity index (χ0v) is 15.2. The molecule has 1 atom stereocenters. The number of rotatable bonds is 7. The van der Waals surface area contributed by atoms with Gasteiger partial charge in [-0.25, -0.2) is 4.39 Å². The van der Waals surface area contributed by atoms with E-state index >= 15 is 0 Å². The molecule has 2 amide bonds. The first kappa shape index (κ1) is 19.4. The molecule has 0 aliphatic carbocycles. The van der Waals surface area contributed by atoms with Crippen LogP contribution in [-0.4, -0.2) is 36.9 Å². The Kier molecular flexibility index (Phi) is 6.72. The predicted molar refractivity (Wildman–Crippen MR) is 97.2 cm³/mol. The molecule has 0 aliphatic heterocycles. The third-order valence-corrected chi connectivity index (χ3v) is 4.23. The molecule has 2 aromatic rings. The van der Waals surface area contributed by atoms with Gasteiger partial charge in [-0.2, -0.15) is 0 Å². The van der Waals surface area contributed by atoms with E-state index in [2.05, 4.69) is 5.32 Å². The molecule has 0 saturated heterocycles. The summed E-state index contributed by atoms with van der Waals surface area (Å²) in [6.45, 7) is 1.90. The van der Waals surface area contributed by atoms with Crippen molar-refractivity contribution in [2.45, 2.75) is 25.9 Å². The van der Waals surface area contributed by atoms with Crippen molar-refractivity contribution >= 4 is 11.8 Å². The van der Waals surface area contributed by atoms with Gasteiger partial charge < -0.3 is 15.0 Å². The number of carbonyl (C=O) groups excluding carboxylic acids is 2. The number of amides is 2. The van der Waals surface area contributed by atoms with Gasteiger partial charge in [-0.1, -0.05) is 30.3 Å². The van der Waals surface area contributed by atoms with E-state index in [0.29, 0.717) is 11.3 Å². The quantitative estimate of drug-likeness (QED) is 0.827. The highest BCUT2D eigenvalue weighted by Gasteiger charge is 2.26. The summed E-state index contributed by atoms with van der Waals surface area (Å²) in [4.78, 5) is 26.3. The van der Waals surface area contributed by atoms with Crippen molar-refractivity contribution in [3.05, 3.63) is 65.5 Å². The molecule has 0 spiro atoms. The molecule has 0 aromatic heterocycles. The third-order valence-electron chi connectivity index (χ3n) is 4.23. The van der Waals surface area contributed by atoms with Crippen LogP contribution in [0.2, 0.25) is 0 Å².